The van der Waals surface area contributed by atoms with Crippen molar-refractivity contribution in [2.24, 2.45) is 0 Å². The number of anilines is 1. The molecular weight excluding hydrogens is 334 g/mol. The minimum atomic E-state index is -3.78. The molecule has 0 radical (unpaired) electrons. The first kappa shape index (κ1) is 17.5. The maximum atomic E-state index is 12.5. The lowest BCUT2D eigenvalue weighted by Crippen LogP contribution is -2.16. The van der Waals surface area contributed by atoms with Crippen LogP contribution in [0.25, 0.3) is 0 Å². The number of aryl methyl sites for hydroxylation is 2. The molecule has 0 fully saturated rings. The van der Waals surface area contributed by atoms with E-state index in [0.29, 0.717) is 16.8 Å². The van der Waals surface area contributed by atoms with Gasteiger partial charge >= 0.3 is 0 Å². The molecule has 2 aromatic carbocycles. The SMILES string of the molecule is Cc1ccc(S(=O)(=O)Nc2c(C)ccc(S(C)(=O)=O)c2C)cc1. The van der Waals surface area contributed by atoms with Crippen LogP contribution in [0, 0.1) is 20.8 Å². The molecule has 0 saturated carbocycles. The minimum Gasteiger partial charge on any atom is -0.279 e. The molecule has 2 rings (SSSR count). The third-order valence-corrected chi connectivity index (χ3v) is 6.20. The summed E-state index contributed by atoms with van der Waals surface area (Å²) in [6, 6.07) is 9.54. The normalized spacial score (nSPS) is 12.2. The molecule has 0 bridgehead atoms. The van der Waals surface area contributed by atoms with Gasteiger partial charge in [-0.15, -0.1) is 0 Å². The molecule has 23 heavy (non-hydrogen) atoms. The summed E-state index contributed by atoms with van der Waals surface area (Å²) in [6.07, 6.45) is 1.10. The van der Waals surface area contributed by atoms with E-state index in [9.17, 15) is 16.8 Å². The van der Waals surface area contributed by atoms with Crippen LogP contribution >= 0.6 is 0 Å². The van der Waals surface area contributed by atoms with Crippen molar-refractivity contribution in [3.63, 3.8) is 0 Å². The fraction of sp³-hybridized carbons (Fsp3) is 0.250. The van der Waals surface area contributed by atoms with Crippen molar-refractivity contribution in [3.8, 4) is 0 Å². The molecule has 0 heterocycles. The molecule has 0 aromatic heterocycles. The van der Waals surface area contributed by atoms with Gasteiger partial charge in [-0.3, -0.25) is 4.72 Å². The third-order valence-electron chi connectivity index (χ3n) is 3.59. The predicted octanol–water partition coefficient (Wildman–Crippen LogP) is 2.82. The summed E-state index contributed by atoms with van der Waals surface area (Å²) >= 11 is 0. The van der Waals surface area contributed by atoms with Crippen LogP contribution in [0.1, 0.15) is 16.7 Å². The van der Waals surface area contributed by atoms with Crippen molar-refractivity contribution in [1.82, 2.24) is 0 Å². The molecule has 0 atom stereocenters. The number of sulfone groups is 1. The quantitative estimate of drug-likeness (QED) is 0.916. The van der Waals surface area contributed by atoms with E-state index in [2.05, 4.69) is 4.72 Å². The second kappa shape index (κ2) is 5.98. The minimum absolute atomic E-state index is 0.115. The fourth-order valence-corrected chi connectivity index (χ4v) is 4.47. The van der Waals surface area contributed by atoms with Gasteiger partial charge in [0, 0.05) is 6.26 Å². The zero-order valence-corrected chi connectivity index (χ0v) is 15.0. The summed E-state index contributed by atoms with van der Waals surface area (Å²) in [4.78, 5) is 0.247. The number of hydrogen-bond donors (Lipinski definition) is 1. The Morgan fingerprint density at radius 3 is 1.91 bits per heavy atom. The number of rotatable bonds is 4. The average molecular weight is 353 g/mol. The van der Waals surface area contributed by atoms with Crippen molar-refractivity contribution >= 4 is 25.5 Å². The number of benzene rings is 2. The Hall–Kier alpha value is -1.86. The molecular formula is C16H19NO4S2. The Bertz CT molecular complexity index is 944. The van der Waals surface area contributed by atoms with Gasteiger partial charge in [0.15, 0.2) is 9.84 Å². The summed E-state index contributed by atoms with van der Waals surface area (Å²) < 4.78 is 51.2. The predicted molar refractivity (Wildman–Crippen MR) is 91.0 cm³/mol. The Morgan fingerprint density at radius 1 is 0.826 bits per heavy atom. The molecule has 124 valence electrons. The van der Waals surface area contributed by atoms with E-state index in [-0.39, 0.29) is 9.79 Å². The van der Waals surface area contributed by atoms with E-state index in [1.165, 1.54) is 18.2 Å². The van der Waals surface area contributed by atoms with Crippen molar-refractivity contribution in [2.45, 2.75) is 30.6 Å². The summed E-state index contributed by atoms with van der Waals surface area (Å²) in [7, 11) is -7.22. The van der Waals surface area contributed by atoms with E-state index in [1.54, 1.807) is 32.0 Å². The van der Waals surface area contributed by atoms with E-state index < -0.39 is 19.9 Å². The number of nitrogens with one attached hydrogen (secondary N) is 1. The lowest BCUT2D eigenvalue weighted by atomic mass is 10.1. The van der Waals surface area contributed by atoms with Crippen molar-refractivity contribution in [1.29, 1.82) is 0 Å². The van der Waals surface area contributed by atoms with Crippen LogP contribution in [0.3, 0.4) is 0 Å². The molecule has 0 aliphatic rings. The Morgan fingerprint density at radius 2 is 1.39 bits per heavy atom. The first-order valence-corrected chi connectivity index (χ1v) is 10.3. The number of hydrogen-bond acceptors (Lipinski definition) is 4. The van der Waals surface area contributed by atoms with Gasteiger partial charge in [0.05, 0.1) is 15.5 Å². The smallest absolute Gasteiger partial charge is 0.261 e. The first-order valence-electron chi connectivity index (χ1n) is 6.92. The van der Waals surface area contributed by atoms with Crippen LogP contribution < -0.4 is 4.72 Å². The lowest BCUT2D eigenvalue weighted by Gasteiger charge is -2.16. The zero-order valence-electron chi connectivity index (χ0n) is 13.4. The van der Waals surface area contributed by atoms with Crippen LogP contribution in [-0.4, -0.2) is 23.1 Å². The third kappa shape index (κ3) is 3.73. The average Bonchev–Trinajstić information content (AvgIpc) is 2.42. The second-order valence-corrected chi connectivity index (χ2v) is 9.24. The zero-order chi connectivity index (χ0) is 17.4. The van der Waals surface area contributed by atoms with Gasteiger partial charge in [-0.05, 0) is 50.1 Å². The molecule has 0 saturated heterocycles. The summed E-state index contributed by atoms with van der Waals surface area (Å²) in [6.45, 7) is 5.19. The maximum absolute atomic E-state index is 12.5. The van der Waals surface area contributed by atoms with Crippen molar-refractivity contribution < 1.29 is 16.8 Å². The summed E-state index contributed by atoms with van der Waals surface area (Å²) in [5.41, 5.74) is 2.30. The van der Waals surface area contributed by atoms with Gasteiger partial charge in [-0.2, -0.15) is 0 Å². The van der Waals surface area contributed by atoms with Gasteiger partial charge < -0.3 is 0 Å². The summed E-state index contributed by atoms with van der Waals surface area (Å²) in [5, 5.41) is 0. The van der Waals surface area contributed by atoms with Crippen LogP contribution in [-0.2, 0) is 19.9 Å². The fourth-order valence-electron chi connectivity index (χ4n) is 2.30. The highest BCUT2D eigenvalue weighted by Crippen LogP contribution is 2.29. The van der Waals surface area contributed by atoms with E-state index >= 15 is 0 Å². The highest BCUT2D eigenvalue weighted by atomic mass is 32.2. The van der Waals surface area contributed by atoms with Crippen molar-refractivity contribution in [2.75, 3.05) is 11.0 Å². The van der Waals surface area contributed by atoms with Crippen LogP contribution in [0.4, 0.5) is 5.69 Å². The standard InChI is InChI=1S/C16H19NO4S2/c1-11-5-8-14(9-6-11)23(20,21)17-16-12(2)7-10-15(13(16)3)22(4,18)19/h5-10,17H,1-4H3. The molecule has 7 heteroatoms. The summed E-state index contributed by atoms with van der Waals surface area (Å²) in [5.74, 6) is 0. The van der Waals surface area contributed by atoms with E-state index in [4.69, 9.17) is 0 Å². The molecule has 2 aromatic rings. The molecule has 0 aliphatic carbocycles. The van der Waals surface area contributed by atoms with Gasteiger partial charge in [0.2, 0.25) is 0 Å². The Balaban J connectivity index is 2.53. The van der Waals surface area contributed by atoms with Crippen LogP contribution in [0.2, 0.25) is 0 Å². The largest absolute Gasteiger partial charge is 0.279 e. The van der Waals surface area contributed by atoms with Gasteiger partial charge in [-0.25, -0.2) is 16.8 Å². The topological polar surface area (TPSA) is 80.3 Å². The maximum Gasteiger partial charge on any atom is 0.261 e. The molecule has 1 N–H and O–H groups in total. The Kier molecular flexibility index (Phi) is 4.54. The van der Waals surface area contributed by atoms with Crippen LogP contribution in [0.5, 0.6) is 0 Å². The number of sulfonamides is 1. The highest BCUT2D eigenvalue weighted by Gasteiger charge is 2.20. The monoisotopic (exact) mass is 353 g/mol. The molecule has 0 unspecified atom stereocenters. The van der Waals surface area contributed by atoms with Gasteiger partial charge in [0.25, 0.3) is 10.0 Å². The molecule has 5 nitrogen and oxygen atoms in total. The molecule has 0 aliphatic heterocycles. The highest BCUT2D eigenvalue weighted by molar-refractivity contribution is 7.92. The lowest BCUT2D eigenvalue weighted by molar-refractivity contribution is 0.598. The van der Waals surface area contributed by atoms with Gasteiger partial charge in [0.1, 0.15) is 0 Å². The second-order valence-electron chi connectivity index (χ2n) is 5.57. The van der Waals surface area contributed by atoms with Gasteiger partial charge in [-0.1, -0.05) is 23.8 Å². The van der Waals surface area contributed by atoms with Crippen LogP contribution in [0.15, 0.2) is 46.2 Å². The first-order chi connectivity index (χ1) is 10.5. The Labute approximate surface area is 137 Å². The molecule has 0 amide bonds. The molecule has 0 spiro atoms. The van der Waals surface area contributed by atoms with E-state index in [1.807, 2.05) is 6.92 Å². The van der Waals surface area contributed by atoms with E-state index in [0.717, 1.165) is 11.8 Å². The van der Waals surface area contributed by atoms with Crippen molar-refractivity contribution in [3.05, 3.63) is 53.1 Å².